The number of aromatic nitrogens is 1. The molecule has 1 aromatic heterocycles. The van der Waals surface area contributed by atoms with E-state index < -0.39 is 6.04 Å². The molecule has 0 N–H and O–H groups in total. The summed E-state index contributed by atoms with van der Waals surface area (Å²) in [5.41, 5.74) is 1.06. The first kappa shape index (κ1) is 19.5. The number of carbonyl (C=O) groups excluding carboxylic acids is 2. The third-order valence-corrected chi connectivity index (χ3v) is 7.18. The number of amides is 2. The van der Waals surface area contributed by atoms with Gasteiger partial charge in [0.25, 0.3) is 5.91 Å². The summed E-state index contributed by atoms with van der Waals surface area (Å²) in [6.07, 6.45) is 5.68. The molecule has 5 rings (SSSR count). The molecule has 1 aromatic carbocycles. The van der Waals surface area contributed by atoms with Gasteiger partial charge < -0.3 is 14.5 Å². The van der Waals surface area contributed by atoms with Crippen LogP contribution in [0.2, 0.25) is 0 Å². The van der Waals surface area contributed by atoms with Crippen LogP contribution in [0.4, 0.5) is 0 Å². The Morgan fingerprint density at radius 2 is 1.70 bits per heavy atom. The average Bonchev–Trinajstić information content (AvgIpc) is 3.33. The van der Waals surface area contributed by atoms with E-state index in [1.165, 1.54) is 0 Å². The first-order valence-corrected chi connectivity index (χ1v) is 11.2. The molecule has 3 aliphatic heterocycles. The van der Waals surface area contributed by atoms with Crippen LogP contribution in [-0.2, 0) is 9.53 Å². The molecule has 3 aliphatic rings. The highest BCUT2D eigenvalue weighted by atomic mass is 16.5. The lowest BCUT2D eigenvalue weighted by Gasteiger charge is -2.51. The van der Waals surface area contributed by atoms with E-state index in [0.29, 0.717) is 25.5 Å². The summed E-state index contributed by atoms with van der Waals surface area (Å²) in [6.45, 7) is 3.55. The molecular weight excluding hydrogens is 378 g/mol. The molecule has 6 heteroatoms. The zero-order valence-corrected chi connectivity index (χ0v) is 17.4. The molecule has 2 aromatic rings. The van der Waals surface area contributed by atoms with Crippen LogP contribution in [0.1, 0.15) is 49.0 Å². The number of benzene rings is 1. The fraction of sp³-hybridized carbons (Fsp3) is 0.542. The van der Waals surface area contributed by atoms with Crippen LogP contribution in [0.25, 0.3) is 10.9 Å². The van der Waals surface area contributed by atoms with Crippen molar-refractivity contribution in [1.82, 2.24) is 14.8 Å². The van der Waals surface area contributed by atoms with Crippen molar-refractivity contribution in [3.8, 4) is 0 Å². The van der Waals surface area contributed by atoms with Crippen LogP contribution < -0.4 is 0 Å². The van der Waals surface area contributed by atoms with Gasteiger partial charge in [-0.05, 0) is 50.7 Å². The van der Waals surface area contributed by atoms with E-state index in [9.17, 15) is 9.59 Å². The number of hydrogen-bond donors (Lipinski definition) is 0. The highest BCUT2D eigenvalue weighted by Crippen LogP contribution is 2.45. The molecule has 1 atom stereocenters. The van der Waals surface area contributed by atoms with E-state index in [1.54, 1.807) is 6.07 Å². The van der Waals surface area contributed by atoms with E-state index in [1.807, 2.05) is 40.1 Å². The fourth-order valence-corrected chi connectivity index (χ4v) is 5.56. The Hall–Kier alpha value is -2.47. The molecule has 3 saturated heterocycles. The van der Waals surface area contributed by atoms with Crippen LogP contribution >= 0.6 is 0 Å². The summed E-state index contributed by atoms with van der Waals surface area (Å²) in [4.78, 5) is 35.8. The van der Waals surface area contributed by atoms with E-state index in [0.717, 1.165) is 62.5 Å². The van der Waals surface area contributed by atoms with Gasteiger partial charge in [0.05, 0.1) is 5.52 Å². The Labute approximate surface area is 177 Å². The molecule has 30 heavy (non-hydrogen) atoms. The number of likely N-dealkylation sites (tertiary alicyclic amines) is 2. The minimum atomic E-state index is -0.408. The molecule has 4 heterocycles. The predicted molar refractivity (Wildman–Crippen MR) is 114 cm³/mol. The van der Waals surface area contributed by atoms with Gasteiger partial charge in [-0.1, -0.05) is 24.3 Å². The predicted octanol–water partition coefficient (Wildman–Crippen LogP) is 3.26. The Morgan fingerprint density at radius 3 is 2.50 bits per heavy atom. The molecule has 1 unspecified atom stereocenters. The number of para-hydroxylation sites is 1. The quantitative estimate of drug-likeness (QED) is 0.767. The highest BCUT2D eigenvalue weighted by Gasteiger charge is 2.52. The number of ether oxygens (including phenoxy) is 1. The Bertz CT molecular complexity index is 942. The van der Waals surface area contributed by atoms with Gasteiger partial charge >= 0.3 is 0 Å². The van der Waals surface area contributed by atoms with Crippen molar-refractivity contribution in [2.45, 2.75) is 44.6 Å². The lowest BCUT2D eigenvalue weighted by Crippen LogP contribution is -2.62. The lowest BCUT2D eigenvalue weighted by molar-refractivity contribution is -0.147. The molecule has 0 bridgehead atoms. The number of nitrogens with zero attached hydrogens (tertiary/aromatic N) is 3. The molecule has 2 amide bonds. The molecular formula is C24H29N3O3. The maximum absolute atomic E-state index is 13.7. The first-order valence-electron chi connectivity index (χ1n) is 11.2. The molecule has 1 spiro atoms. The Kier molecular flexibility index (Phi) is 5.19. The topological polar surface area (TPSA) is 62.7 Å². The van der Waals surface area contributed by atoms with Crippen LogP contribution in [0.5, 0.6) is 0 Å². The Balaban J connectivity index is 1.51. The van der Waals surface area contributed by atoms with Gasteiger partial charge in [0.2, 0.25) is 5.91 Å². The summed E-state index contributed by atoms with van der Waals surface area (Å²) in [6, 6.07) is 11.2. The van der Waals surface area contributed by atoms with Crippen LogP contribution in [0.15, 0.2) is 36.4 Å². The van der Waals surface area contributed by atoms with Gasteiger partial charge in [-0.2, -0.15) is 0 Å². The normalized spacial score (nSPS) is 23.8. The SMILES string of the molecule is O=C(C1N(C(=O)c2ccc3ccccc3n2)CCCC12CCOCC2)N1CCCC1. The monoisotopic (exact) mass is 407 g/mol. The minimum Gasteiger partial charge on any atom is -0.381 e. The van der Waals surface area contributed by atoms with Gasteiger partial charge in [0.15, 0.2) is 0 Å². The van der Waals surface area contributed by atoms with Gasteiger partial charge in [-0.3, -0.25) is 9.59 Å². The third-order valence-electron chi connectivity index (χ3n) is 7.18. The number of hydrogen-bond acceptors (Lipinski definition) is 4. The smallest absolute Gasteiger partial charge is 0.273 e. The fourth-order valence-electron chi connectivity index (χ4n) is 5.56. The highest BCUT2D eigenvalue weighted by molar-refractivity contribution is 5.98. The van der Waals surface area contributed by atoms with Crippen LogP contribution in [0.3, 0.4) is 0 Å². The van der Waals surface area contributed by atoms with Gasteiger partial charge in [0, 0.05) is 43.6 Å². The first-order chi connectivity index (χ1) is 14.7. The summed E-state index contributed by atoms with van der Waals surface area (Å²) in [7, 11) is 0. The zero-order valence-electron chi connectivity index (χ0n) is 17.4. The minimum absolute atomic E-state index is 0.121. The second kappa shape index (κ2) is 7.99. The van der Waals surface area contributed by atoms with Crippen molar-refractivity contribution in [2.24, 2.45) is 5.41 Å². The van der Waals surface area contributed by atoms with Crippen molar-refractivity contribution in [3.05, 3.63) is 42.1 Å². The van der Waals surface area contributed by atoms with Gasteiger partial charge in [0.1, 0.15) is 11.7 Å². The van der Waals surface area contributed by atoms with E-state index in [-0.39, 0.29) is 17.2 Å². The molecule has 0 saturated carbocycles. The van der Waals surface area contributed by atoms with Crippen molar-refractivity contribution >= 4 is 22.7 Å². The van der Waals surface area contributed by atoms with Gasteiger partial charge in [-0.25, -0.2) is 4.98 Å². The van der Waals surface area contributed by atoms with Crippen molar-refractivity contribution in [2.75, 3.05) is 32.8 Å². The van der Waals surface area contributed by atoms with E-state index in [4.69, 9.17) is 4.74 Å². The summed E-state index contributed by atoms with van der Waals surface area (Å²) >= 11 is 0. The lowest BCUT2D eigenvalue weighted by atomic mass is 9.67. The van der Waals surface area contributed by atoms with Crippen LogP contribution in [0, 0.1) is 5.41 Å². The number of fused-ring (bicyclic) bond motifs is 1. The summed E-state index contributed by atoms with van der Waals surface area (Å²) in [5.74, 6) is 0.00658. The second-order valence-electron chi connectivity index (χ2n) is 8.90. The Morgan fingerprint density at radius 1 is 0.933 bits per heavy atom. The number of rotatable bonds is 2. The average molecular weight is 408 g/mol. The standard InChI is InChI=1S/C24H29N3O3/c28-22(20-9-8-18-6-1-2-7-19(18)25-20)27-15-5-10-24(11-16-30-17-12-24)21(27)23(29)26-13-3-4-14-26/h1-2,6-9,21H,3-5,10-17H2. The summed E-state index contributed by atoms with van der Waals surface area (Å²) < 4.78 is 5.64. The number of carbonyl (C=O) groups is 2. The van der Waals surface area contributed by atoms with E-state index >= 15 is 0 Å². The molecule has 0 aliphatic carbocycles. The maximum atomic E-state index is 13.7. The van der Waals surface area contributed by atoms with Crippen molar-refractivity contribution < 1.29 is 14.3 Å². The molecule has 158 valence electrons. The second-order valence-corrected chi connectivity index (χ2v) is 8.90. The molecule has 3 fully saturated rings. The van der Waals surface area contributed by atoms with Crippen molar-refractivity contribution in [3.63, 3.8) is 0 Å². The van der Waals surface area contributed by atoms with E-state index in [2.05, 4.69) is 4.98 Å². The zero-order chi connectivity index (χ0) is 20.6. The number of pyridine rings is 1. The molecule has 6 nitrogen and oxygen atoms in total. The third kappa shape index (κ3) is 3.37. The maximum Gasteiger partial charge on any atom is 0.273 e. The summed E-state index contributed by atoms with van der Waals surface area (Å²) in [5, 5.41) is 1.01. The van der Waals surface area contributed by atoms with Crippen LogP contribution in [-0.4, -0.2) is 65.5 Å². The largest absolute Gasteiger partial charge is 0.381 e. The number of piperidine rings is 1. The van der Waals surface area contributed by atoms with Gasteiger partial charge in [-0.15, -0.1) is 0 Å². The van der Waals surface area contributed by atoms with Crippen molar-refractivity contribution in [1.29, 1.82) is 0 Å². The molecule has 0 radical (unpaired) electrons.